The highest BCUT2D eigenvalue weighted by Crippen LogP contribution is 2.44. The lowest BCUT2D eigenvalue weighted by atomic mass is 9.98. The highest BCUT2D eigenvalue weighted by molar-refractivity contribution is 6.21. The van der Waals surface area contributed by atoms with Gasteiger partial charge in [-0.05, 0) is 64.4 Å². The summed E-state index contributed by atoms with van der Waals surface area (Å²) in [5.74, 6) is 0.593. The van der Waals surface area contributed by atoms with Gasteiger partial charge in [-0.3, -0.25) is 0 Å². The van der Waals surface area contributed by atoms with Crippen molar-refractivity contribution in [2.75, 3.05) is 0 Å². The highest BCUT2D eigenvalue weighted by atomic mass is 16.3. The molecule has 0 saturated heterocycles. The predicted molar refractivity (Wildman–Crippen MR) is 242 cm³/mol. The molecule has 4 aromatic heterocycles. The van der Waals surface area contributed by atoms with Gasteiger partial charge in [0.2, 0.25) is 5.71 Å². The molecule has 59 heavy (non-hydrogen) atoms. The first-order valence-electron chi connectivity index (χ1n) is 19.9. The number of para-hydroxylation sites is 2. The molecule has 4 heterocycles. The fraction of sp³-hybridized carbons (Fsp3) is 0. The van der Waals surface area contributed by atoms with E-state index in [1.807, 2.05) is 30.3 Å². The van der Waals surface area contributed by atoms with Gasteiger partial charge in [0.15, 0.2) is 5.82 Å². The van der Waals surface area contributed by atoms with Crippen molar-refractivity contribution >= 4 is 87.4 Å². The maximum absolute atomic E-state index is 6.77. The van der Waals surface area contributed by atoms with Crippen LogP contribution >= 0.6 is 0 Å². The van der Waals surface area contributed by atoms with Crippen LogP contribution in [0.5, 0.6) is 0 Å². The zero-order chi connectivity index (χ0) is 38.6. The second-order valence-corrected chi connectivity index (χ2v) is 15.2. The molecule has 0 N–H and O–H groups in total. The second-order valence-electron chi connectivity index (χ2n) is 15.2. The molecule has 0 aliphatic heterocycles. The van der Waals surface area contributed by atoms with Crippen molar-refractivity contribution in [1.29, 1.82) is 0 Å². The molecule has 0 bridgehead atoms. The van der Waals surface area contributed by atoms with Crippen LogP contribution in [0.3, 0.4) is 0 Å². The highest BCUT2D eigenvalue weighted by Gasteiger charge is 2.24. The molecule has 0 radical (unpaired) electrons. The maximum Gasteiger partial charge on any atom is 0.231 e. The van der Waals surface area contributed by atoms with Crippen molar-refractivity contribution in [2.24, 2.45) is 0 Å². The molecule has 0 aliphatic carbocycles. The number of benzene rings is 9. The molecular formula is C54H31N3O2. The van der Waals surface area contributed by atoms with Gasteiger partial charge in [-0.1, -0.05) is 146 Å². The van der Waals surface area contributed by atoms with Gasteiger partial charge in [-0.25, -0.2) is 4.98 Å². The number of hydrogen-bond acceptors (Lipinski definition) is 4. The Morgan fingerprint density at radius 3 is 2.00 bits per heavy atom. The summed E-state index contributed by atoms with van der Waals surface area (Å²) in [5.41, 5.74) is 11.3. The molecule has 9 aromatic carbocycles. The van der Waals surface area contributed by atoms with E-state index in [1.54, 1.807) is 0 Å². The van der Waals surface area contributed by atoms with Crippen LogP contribution in [0.15, 0.2) is 197 Å². The largest absolute Gasteiger partial charge is 0.456 e. The monoisotopic (exact) mass is 753 g/mol. The van der Waals surface area contributed by atoms with Crippen LogP contribution in [0.25, 0.3) is 127 Å². The fourth-order valence-corrected chi connectivity index (χ4v) is 9.43. The number of hydrogen-bond donors (Lipinski definition) is 0. The number of furan rings is 2. The smallest absolute Gasteiger partial charge is 0.231 e. The summed E-state index contributed by atoms with van der Waals surface area (Å²) in [4.78, 5) is 10.8. The average Bonchev–Trinajstić information content (AvgIpc) is 3.98. The van der Waals surface area contributed by atoms with E-state index < -0.39 is 0 Å². The summed E-state index contributed by atoms with van der Waals surface area (Å²) in [7, 11) is 0. The lowest BCUT2D eigenvalue weighted by molar-refractivity contribution is 0.654. The third-order valence-electron chi connectivity index (χ3n) is 12.0. The summed E-state index contributed by atoms with van der Waals surface area (Å²) in [6, 6.07) is 66.1. The summed E-state index contributed by atoms with van der Waals surface area (Å²) >= 11 is 0. The molecule has 5 heteroatoms. The first-order chi connectivity index (χ1) is 29.3. The standard InChI is InChI=1S/C54H31N3O2/c1-2-13-32(14-3-1)34-26-28-42-48(31-34)59-54-50(42)51(43-21-12-24-47-49(43)41-20-9-11-23-46(41)58-47)55-53(56-54)40-29-30-45(37-18-7-6-17-36(37)40)57-44-22-10-8-19-38(44)39-27-25-33-15-4-5-16-35(33)52(39)57/h1-31H. The summed E-state index contributed by atoms with van der Waals surface area (Å²) in [6.45, 7) is 0. The Kier molecular flexibility index (Phi) is 6.66. The van der Waals surface area contributed by atoms with Gasteiger partial charge in [-0.2, -0.15) is 4.98 Å². The molecule has 0 spiro atoms. The van der Waals surface area contributed by atoms with E-state index in [-0.39, 0.29) is 0 Å². The normalized spacial score (nSPS) is 12.1. The van der Waals surface area contributed by atoms with Gasteiger partial charge < -0.3 is 13.4 Å². The molecule has 0 fully saturated rings. The summed E-state index contributed by atoms with van der Waals surface area (Å²) < 4.78 is 15.6. The van der Waals surface area contributed by atoms with Gasteiger partial charge >= 0.3 is 0 Å². The zero-order valence-corrected chi connectivity index (χ0v) is 31.6. The summed E-state index contributed by atoms with van der Waals surface area (Å²) in [6.07, 6.45) is 0. The number of fused-ring (bicyclic) bond motifs is 12. The fourth-order valence-electron chi connectivity index (χ4n) is 9.43. The van der Waals surface area contributed by atoms with Crippen LogP contribution in [0.2, 0.25) is 0 Å². The van der Waals surface area contributed by atoms with Crippen molar-refractivity contribution in [3.63, 3.8) is 0 Å². The molecule has 0 atom stereocenters. The average molecular weight is 754 g/mol. The first-order valence-corrected chi connectivity index (χ1v) is 19.9. The molecule has 0 unspecified atom stereocenters. The lowest BCUT2D eigenvalue weighted by Crippen LogP contribution is -1.99. The van der Waals surface area contributed by atoms with Crippen LogP contribution in [0, 0.1) is 0 Å². The van der Waals surface area contributed by atoms with Crippen LogP contribution in [-0.2, 0) is 0 Å². The zero-order valence-electron chi connectivity index (χ0n) is 31.6. The molecule has 13 aromatic rings. The Labute approximate surface area is 337 Å². The topological polar surface area (TPSA) is 57.0 Å². The second kappa shape index (κ2) is 12.2. The Bertz CT molecular complexity index is 3850. The van der Waals surface area contributed by atoms with Gasteiger partial charge in [0.1, 0.15) is 16.7 Å². The van der Waals surface area contributed by atoms with Crippen LogP contribution in [0.1, 0.15) is 0 Å². The minimum Gasteiger partial charge on any atom is -0.456 e. The number of rotatable bonds is 4. The lowest BCUT2D eigenvalue weighted by Gasteiger charge is -2.15. The molecule has 13 rings (SSSR count). The van der Waals surface area contributed by atoms with Gasteiger partial charge in [0.25, 0.3) is 0 Å². The van der Waals surface area contributed by atoms with Crippen molar-refractivity contribution < 1.29 is 8.83 Å². The SMILES string of the molecule is c1ccc(-c2ccc3c(c2)oc2nc(-c4ccc(-n5c6ccccc6c6ccc7ccccc7c65)c5ccccc45)nc(-c4cccc5oc6ccccc6c45)c23)cc1. The van der Waals surface area contributed by atoms with Gasteiger partial charge in [0, 0.05) is 48.8 Å². The Morgan fingerprint density at radius 2 is 1.10 bits per heavy atom. The minimum atomic E-state index is 0.539. The van der Waals surface area contributed by atoms with E-state index >= 15 is 0 Å². The Morgan fingerprint density at radius 1 is 0.390 bits per heavy atom. The molecule has 0 amide bonds. The molecule has 5 nitrogen and oxygen atoms in total. The number of nitrogens with zero attached hydrogens (tertiary/aromatic N) is 3. The number of aromatic nitrogens is 3. The summed E-state index contributed by atoms with van der Waals surface area (Å²) in [5, 5.41) is 10.9. The molecule has 0 aliphatic rings. The minimum absolute atomic E-state index is 0.539. The van der Waals surface area contributed by atoms with E-state index in [4.69, 9.17) is 18.8 Å². The third-order valence-corrected chi connectivity index (χ3v) is 12.0. The quantitative estimate of drug-likeness (QED) is 0.180. The first kappa shape index (κ1) is 32.1. The predicted octanol–water partition coefficient (Wildman–Crippen LogP) is 14.7. The maximum atomic E-state index is 6.77. The Balaban J connectivity index is 1.10. The van der Waals surface area contributed by atoms with Crippen LogP contribution in [-0.4, -0.2) is 14.5 Å². The van der Waals surface area contributed by atoms with E-state index in [2.05, 4.69) is 162 Å². The van der Waals surface area contributed by atoms with E-state index in [9.17, 15) is 0 Å². The van der Waals surface area contributed by atoms with E-state index in [1.165, 1.54) is 27.1 Å². The van der Waals surface area contributed by atoms with Crippen molar-refractivity contribution in [1.82, 2.24) is 14.5 Å². The Hall–Kier alpha value is -8.02. The van der Waals surface area contributed by atoms with Crippen molar-refractivity contribution in [3.05, 3.63) is 188 Å². The third kappa shape index (κ3) is 4.67. The van der Waals surface area contributed by atoms with Crippen molar-refractivity contribution in [2.45, 2.75) is 0 Å². The van der Waals surface area contributed by atoms with Gasteiger partial charge in [-0.15, -0.1) is 0 Å². The molecule has 0 saturated carbocycles. The van der Waals surface area contributed by atoms with Crippen LogP contribution in [0.4, 0.5) is 0 Å². The molecular weight excluding hydrogens is 723 g/mol. The van der Waals surface area contributed by atoms with E-state index in [0.29, 0.717) is 11.5 Å². The van der Waals surface area contributed by atoms with Gasteiger partial charge in [0.05, 0.1) is 27.8 Å². The van der Waals surface area contributed by atoms with Crippen LogP contribution < -0.4 is 0 Å². The molecule has 274 valence electrons. The van der Waals surface area contributed by atoms with E-state index in [0.717, 1.165) is 88.2 Å². The van der Waals surface area contributed by atoms with Crippen molar-refractivity contribution in [3.8, 4) is 39.5 Å².